The topological polar surface area (TPSA) is 55.1 Å². The van der Waals surface area contributed by atoms with Gasteiger partial charge in [-0.25, -0.2) is 0 Å². The van der Waals surface area contributed by atoms with Gasteiger partial charge >= 0.3 is 0 Å². The summed E-state index contributed by atoms with van der Waals surface area (Å²) in [5.74, 6) is 0.162. The van der Waals surface area contributed by atoms with Crippen molar-refractivity contribution in [2.45, 2.75) is 59.4 Å². The molecule has 0 aromatic rings. The Kier molecular flexibility index (Phi) is 4.00. The van der Waals surface area contributed by atoms with Gasteiger partial charge in [-0.3, -0.25) is 4.79 Å². The summed E-state index contributed by atoms with van der Waals surface area (Å²) in [5.41, 5.74) is 5.62. The second-order valence-corrected chi connectivity index (χ2v) is 6.25. The highest BCUT2D eigenvalue weighted by atomic mass is 16.2. The molecule has 1 atom stereocenters. The smallest absolute Gasteiger partial charge is 0.227 e. The van der Waals surface area contributed by atoms with Gasteiger partial charge in [0.1, 0.15) is 0 Å². The zero-order valence-corrected chi connectivity index (χ0v) is 11.1. The standard InChI is InChI=1S/C13H26N2O/c1-10(12(2,3)4)15-11(16)13(9-14)7-5-6-8-13/h10H,5-9,14H2,1-4H3,(H,15,16). The lowest BCUT2D eigenvalue weighted by atomic mass is 9.83. The Morgan fingerprint density at radius 3 is 2.25 bits per heavy atom. The van der Waals surface area contributed by atoms with Crippen LogP contribution in [0.2, 0.25) is 0 Å². The Hall–Kier alpha value is -0.570. The van der Waals surface area contributed by atoms with E-state index in [2.05, 4.69) is 33.0 Å². The van der Waals surface area contributed by atoms with Crippen LogP contribution in [0.3, 0.4) is 0 Å². The van der Waals surface area contributed by atoms with Gasteiger partial charge in [0.2, 0.25) is 5.91 Å². The van der Waals surface area contributed by atoms with Gasteiger partial charge in [0, 0.05) is 12.6 Å². The molecule has 1 amide bonds. The highest BCUT2D eigenvalue weighted by Crippen LogP contribution is 2.37. The maximum atomic E-state index is 12.3. The summed E-state index contributed by atoms with van der Waals surface area (Å²) in [4.78, 5) is 12.3. The van der Waals surface area contributed by atoms with E-state index in [1.165, 1.54) is 0 Å². The Labute approximate surface area is 99.2 Å². The Balaban J connectivity index is 2.64. The molecule has 1 unspecified atom stereocenters. The van der Waals surface area contributed by atoms with Crippen LogP contribution in [-0.2, 0) is 4.79 Å². The van der Waals surface area contributed by atoms with Crippen LogP contribution in [-0.4, -0.2) is 18.5 Å². The Morgan fingerprint density at radius 2 is 1.88 bits per heavy atom. The van der Waals surface area contributed by atoms with E-state index in [1.807, 2.05) is 0 Å². The number of hydrogen-bond acceptors (Lipinski definition) is 2. The van der Waals surface area contributed by atoms with Crippen molar-refractivity contribution in [3.05, 3.63) is 0 Å². The Bertz CT molecular complexity index is 249. The zero-order valence-electron chi connectivity index (χ0n) is 11.1. The highest BCUT2D eigenvalue weighted by molar-refractivity contribution is 5.83. The molecule has 0 radical (unpaired) electrons. The summed E-state index contributed by atoms with van der Waals surface area (Å²) in [7, 11) is 0. The average molecular weight is 226 g/mol. The van der Waals surface area contributed by atoms with Gasteiger partial charge in [0.15, 0.2) is 0 Å². The van der Waals surface area contributed by atoms with E-state index in [0.717, 1.165) is 25.7 Å². The maximum Gasteiger partial charge on any atom is 0.227 e. The molecular formula is C13H26N2O. The SMILES string of the molecule is CC(NC(=O)C1(CN)CCCC1)C(C)(C)C. The molecule has 0 spiro atoms. The molecule has 0 bridgehead atoms. The summed E-state index contributed by atoms with van der Waals surface area (Å²) < 4.78 is 0. The van der Waals surface area contributed by atoms with E-state index < -0.39 is 0 Å². The van der Waals surface area contributed by atoms with Crippen LogP contribution < -0.4 is 11.1 Å². The van der Waals surface area contributed by atoms with Gasteiger partial charge < -0.3 is 11.1 Å². The highest BCUT2D eigenvalue weighted by Gasteiger charge is 2.40. The second-order valence-electron chi connectivity index (χ2n) is 6.25. The third-order valence-electron chi connectivity index (χ3n) is 4.08. The fourth-order valence-electron chi connectivity index (χ4n) is 2.14. The first-order valence-electron chi connectivity index (χ1n) is 6.33. The number of nitrogens with one attached hydrogen (secondary N) is 1. The summed E-state index contributed by atoms with van der Waals surface area (Å²) in [6.45, 7) is 8.97. The molecule has 94 valence electrons. The normalized spacial score (nSPS) is 21.8. The largest absolute Gasteiger partial charge is 0.353 e. The summed E-state index contributed by atoms with van der Waals surface area (Å²) in [6, 6.07) is 0.184. The monoisotopic (exact) mass is 226 g/mol. The van der Waals surface area contributed by atoms with Gasteiger partial charge in [-0.15, -0.1) is 0 Å². The van der Waals surface area contributed by atoms with Crippen molar-refractivity contribution >= 4 is 5.91 Å². The van der Waals surface area contributed by atoms with Gasteiger partial charge in [-0.05, 0) is 25.2 Å². The quantitative estimate of drug-likeness (QED) is 0.774. The van der Waals surface area contributed by atoms with E-state index in [0.29, 0.717) is 6.54 Å². The fraction of sp³-hybridized carbons (Fsp3) is 0.923. The molecular weight excluding hydrogens is 200 g/mol. The van der Waals surface area contributed by atoms with Crippen molar-refractivity contribution in [3.63, 3.8) is 0 Å². The summed E-state index contributed by atoms with van der Waals surface area (Å²) in [5, 5.41) is 3.13. The second kappa shape index (κ2) is 4.74. The van der Waals surface area contributed by atoms with E-state index in [-0.39, 0.29) is 22.8 Å². The number of carbonyl (C=O) groups excluding carboxylic acids is 1. The molecule has 1 aliphatic carbocycles. The molecule has 0 aromatic heterocycles. The third-order valence-corrected chi connectivity index (χ3v) is 4.08. The van der Waals surface area contributed by atoms with Crippen LogP contribution in [0.5, 0.6) is 0 Å². The Morgan fingerprint density at radius 1 is 1.38 bits per heavy atom. The molecule has 1 aliphatic rings. The van der Waals surface area contributed by atoms with Crippen molar-refractivity contribution in [3.8, 4) is 0 Å². The molecule has 3 nitrogen and oxygen atoms in total. The summed E-state index contributed by atoms with van der Waals surface area (Å²) >= 11 is 0. The molecule has 1 saturated carbocycles. The lowest BCUT2D eigenvalue weighted by molar-refractivity contribution is -0.131. The number of carbonyl (C=O) groups is 1. The molecule has 1 rings (SSSR count). The molecule has 0 aliphatic heterocycles. The van der Waals surface area contributed by atoms with Gasteiger partial charge in [0.05, 0.1) is 5.41 Å². The van der Waals surface area contributed by atoms with Gasteiger partial charge in [-0.2, -0.15) is 0 Å². The van der Waals surface area contributed by atoms with Gasteiger partial charge in [-0.1, -0.05) is 33.6 Å². The predicted molar refractivity (Wildman–Crippen MR) is 67.0 cm³/mol. The predicted octanol–water partition coefficient (Wildman–Crippen LogP) is 2.06. The molecule has 1 fully saturated rings. The van der Waals surface area contributed by atoms with E-state index in [1.54, 1.807) is 0 Å². The molecule has 0 aromatic carbocycles. The first-order chi connectivity index (χ1) is 7.32. The third kappa shape index (κ3) is 2.76. The molecule has 16 heavy (non-hydrogen) atoms. The zero-order chi connectivity index (χ0) is 12.4. The number of rotatable bonds is 3. The van der Waals surface area contributed by atoms with Crippen molar-refractivity contribution in [1.29, 1.82) is 0 Å². The van der Waals surface area contributed by atoms with Crippen molar-refractivity contribution in [1.82, 2.24) is 5.32 Å². The minimum absolute atomic E-state index is 0.101. The fourth-order valence-corrected chi connectivity index (χ4v) is 2.14. The van der Waals surface area contributed by atoms with E-state index in [4.69, 9.17) is 5.73 Å². The van der Waals surface area contributed by atoms with Crippen LogP contribution >= 0.6 is 0 Å². The first-order valence-corrected chi connectivity index (χ1v) is 6.33. The lowest BCUT2D eigenvalue weighted by Gasteiger charge is -2.33. The maximum absolute atomic E-state index is 12.3. The van der Waals surface area contributed by atoms with E-state index in [9.17, 15) is 4.79 Å². The van der Waals surface area contributed by atoms with Crippen molar-refractivity contribution < 1.29 is 4.79 Å². The first kappa shape index (κ1) is 13.5. The van der Waals surface area contributed by atoms with Gasteiger partial charge in [0.25, 0.3) is 0 Å². The number of amides is 1. The summed E-state index contributed by atoms with van der Waals surface area (Å²) in [6.07, 6.45) is 4.17. The van der Waals surface area contributed by atoms with Crippen LogP contribution in [0.25, 0.3) is 0 Å². The van der Waals surface area contributed by atoms with Crippen molar-refractivity contribution in [2.24, 2.45) is 16.6 Å². The molecule has 3 heteroatoms. The van der Waals surface area contributed by atoms with Crippen LogP contribution in [0.15, 0.2) is 0 Å². The van der Waals surface area contributed by atoms with Crippen LogP contribution in [0.1, 0.15) is 53.4 Å². The van der Waals surface area contributed by atoms with E-state index >= 15 is 0 Å². The average Bonchev–Trinajstić information content (AvgIpc) is 2.65. The number of nitrogens with two attached hydrogens (primary N) is 1. The number of hydrogen-bond donors (Lipinski definition) is 2. The minimum atomic E-state index is -0.278. The minimum Gasteiger partial charge on any atom is -0.353 e. The van der Waals surface area contributed by atoms with Crippen molar-refractivity contribution in [2.75, 3.05) is 6.54 Å². The molecule has 0 saturated heterocycles. The molecule has 3 N–H and O–H groups in total. The molecule has 0 heterocycles. The van der Waals surface area contributed by atoms with Crippen LogP contribution in [0.4, 0.5) is 0 Å². The van der Waals surface area contributed by atoms with Crippen LogP contribution in [0, 0.1) is 10.8 Å². The lowest BCUT2D eigenvalue weighted by Crippen LogP contribution is -2.50.